The fraction of sp³-hybridized carbons (Fsp3) is 0.125. The Morgan fingerprint density at radius 1 is 1.38 bits per heavy atom. The van der Waals surface area contributed by atoms with Crippen LogP contribution in [0.5, 0.6) is 0 Å². The van der Waals surface area contributed by atoms with E-state index in [2.05, 4.69) is 15.8 Å². The van der Waals surface area contributed by atoms with Crippen molar-refractivity contribution in [1.29, 1.82) is 0 Å². The second-order valence-electron chi connectivity index (χ2n) is 2.35. The molecule has 0 aliphatic rings. The molecule has 3 N–H and O–H groups in total. The molecule has 0 bridgehead atoms. The van der Waals surface area contributed by atoms with E-state index in [0.717, 1.165) is 5.69 Å². The summed E-state index contributed by atoms with van der Waals surface area (Å²) in [6.45, 7) is 0. The van der Waals surface area contributed by atoms with Gasteiger partial charge in [-0.25, -0.2) is 0 Å². The molecule has 0 unspecified atom stereocenters. The number of amides is 1. The third-order valence-electron chi connectivity index (χ3n) is 1.45. The van der Waals surface area contributed by atoms with Crippen molar-refractivity contribution < 1.29 is 4.79 Å². The summed E-state index contributed by atoms with van der Waals surface area (Å²) >= 11 is 0. The summed E-state index contributed by atoms with van der Waals surface area (Å²) in [5.74, 6) is -0.441. The van der Waals surface area contributed by atoms with Gasteiger partial charge in [-0.1, -0.05) is 5.22 Å². The van der Waals surface area contributed by atoms with Crippen molar-refractivity contribution in [3.8, 4) is 0 Å². The predicted octanol–water partition coefficient (Wildman–Crippen LogP) is 1.19. The maximum Gasteiger partial charge on any atom is 0.248 e. The fourth-order valence-electron chi connectivity index (χ4n) is 0.817. The topological polar surface area (TPSA) is 79.8 Å². The largest absolute Gasteiger partial charge is 0.366 e. The number of carbonyl (C=O) groups excluding carboxylic acids is 1. The number of anilines is 1. The van der Waals surface area contributed by atoms with Crippen LogP contribution < -0.4 is 11.2 Å². The lowest BCUT2D eigenvalue weighted by Crippen LogP contribution is -2.10. The molecule has 5 nitrogen and oxygen atoms in total. The monoisotopic (exact) mass is 178 g/mol. The molecule has 1 aromatic carbocycles. The summed E-state index contributed by atoms with van der Waals surface area (Å²) < 4.78 is 0. The third-order valence-corrected chi connectivity index (χ3v) is 1.45. The van der Waals surface area contributed by atoms with Crippen molar-refractivity contribution in [3.63, 3.8) is 0 Å². The number of nitrogens with two attached hydrogens (primary N) is 1. The highest BCUT2D eigenvalue weighted by atomic mass is 16.1. The quantitative estimate of drug-likeness (QED) is 0.538. The van der Waals surface area contributed by atoms with Crippen LogP contribution in [0.15, 0.2) is 34.6 Å². The summed E-state index contributed by atoms with van der Waals surface area (Å²) in [6, 6.07) is 6.65. The minimum absolute atomic E-state index is 0.441. The molecule has 0 spiro atoms. The molecule has 0 aliphatic heterocycles. The van der Waals surface area contributed by atoms with Gasteiger partial charge in [0.1, 0.15) is 0 Å². The van der Waals surface area contributed by atoms with Crippen LogP contribution in [0.25, 0.3) is 0 Å². The van der Waals surface area contributed by atoms with Gasteiger partial charge in [0.05, 0.1) is 12.7 Å². The number of rotatable bonds is 3. The van der Waals surface area contributed by atoms with Gasteiger partial charge in [0.15, 0.2) is 0 Å². The van der Waals surface area contributed by atoms with Crippen LogP contribution >= 0.6 is 0 Å². The lowest BCUT2D eigenvalue weighted by atomic mass is 10.2. The molecule has 0 saturated carbocycles. The van der Waals surface area contributed by atoms with Crippen LogP contribution in [0.3, 0.4) is 0 Å². The van der Waals surface area contributed by atoms with E-state index in [0.29, 0.717) is 5.56 Å². The minimum atomic E-state index is -0.441. The number of hydrogen-bond acceptors (Lipinski definition) is 3. The van der Waals surface area contributed by atoms with Crippen molar-refractivity contribution in [1.82, 2.24) is 0 Å². The zero-order valence-corrected chi connectivity index (χ0v) is 7.19. The van der Waals surface area contributed by atoms with Crippen LogP contribution in [0, 0.1) is 0 Å². The zero-order chi connectivity index (χ0) is 9.68. The van der Waals surface area contributed by atoms with Gasteiger partial charge in [-0.05, 0) is 24.3 Å². The second kappa shape index (κ2) is 4.20. The van der Waals surface area contributed by atoms with E-state index in [1.165, 1.54) is 0 Å². The SMILES string of the molecule is CN=NNc1ccc(C(N)=O)cc1. The minimum Gasteiger partial charge on any atom is -0.366 e. The van der Waals surface area contributed by atoms with Crippen molar-refractivity contribution >= 4 is 11.6 Å². The number of benzene rings is 1. The van der Waals surface area contributed by atoms with Crippen LogP contribution in [0.4, 0.5) is 5.69 Å². The van der Waals surface area contributed by atoms with E-state index >= 15 is 0 Å². The van der Waals surface area contributed by atoms with E-state index in [1.54, 1.807) is 31.3 Å². The Labute approximate surface area is 75.6 Å². The first-order valence-corrected chi connectivity index (χ1v) is 3.68. The molecule has 0 heterocycles. The van der Waals surface area contributed by atoms with Gasteiger partial charge in [-0.3, -0.25) is 10.2 Å². The highest BCUT2D eigenvalue weighted by Crippen LogP contribution is 2.08. The van der Waals surface area contributed by atoms with Gasteiger partial charge in [0.25, 0.3) is 0 Å². The first-order chi connectivity index (χ1) is 6.24. The Balaban J connectivity index is 2.75. The smallest absolute Gasteiger partial charge is 0.248 e. The summed E-state index contributed by atoms with van der Waals surface area (Å²) in [7, 11) is 1.56. The summed E-state index contributed by atoms with van der Waals surface area (Å²) in [6.07, 6.45) is 0. The zero-order valence-electron chi connectivity index (χ0n) is 7.19. The van der Waals surface area contributed by atoms with Crippen molar-refractivity contribution in [3.05, 3.63) is 29.8 Å². The van der Waals surface area contributed by atoms with Gasteiger partial charge in [0.2, 0.25) is 5.91 Å². The van der Waals surface area contributed by atoms with Gasteiger partial charge in [-0.15, -0.1) is 0 Å². The standard InChI is InChI=1S/C8H10N4O/c1-10-12-11-7-4-2-6(3-5-7)8(9)13/h2-5H,1H3,(H2,9,13)(H,10,11). The van der Waals surface area contributed by atoms with E-state index in [4.69, 9.17) is 5.73 Å². The van der Waals surface area contributed by atoms with Gasteiger partial charge in [-0.2, -0.15) is 5.11 Å². The highest BCUT2D eigenvalue weighted by molar-refractivity contribution is 5.93. The van der Waals surface area contributed by atoms with Gasteiger partial charge >= 0.3 is 0 Å². The molecule has 0 aromatic heterocycles. The molecule has 1 aromatic rings. The Morgan fingerprint density at radius 2 is 2.00 bits per heavy atom. The molecule has 5 heteroatoms. The van der Waals surface area contributed by atoms with Crippen LogP contribution in [-0.4, -0.2) is 13.0 Å². The number of carbonyl (C=O) groups is 1. The van der Waals surface area contributed by atoms with Crippen molar-refractivity contribution in [2.45, 2.75) is 0 Å². The van der Waals surface area contributed by atoms with Crippen LogP contribution in [-0.2, 0) is 0 Å². The number of nitrogens with one attached hydrogen (secondary N) is 1. The Kier molecular flexibility index (Phi) is 2.97. The van der Waals surface area contributed by atoms with Crippen LogP contribution in [0.2, 0.25) is 0 Å². The van der Waals surface area contributed by atoms with Crippen molar-refractivity contribution in [2.24, 2.45) is 16.1 Å². The maximum absolute atomic E-state index is 10.7. The highest BCUT2D eigenvalue weighted by Gasteiger charge is 1.98. The first kappa shape index (κ1) is 9.18. The number of hydrogen-bond donors (Lipinski definition) is 2. The number of primary amides is 1. The normalized spacial score (nSPS) is 10.2. The average molecular weight is 178 g/mol. The molecule has 13 heavy (non-hydrogen) atoms. The molecular formula is C8H10N4O. The number of nitrogens with zero attached hydrogens (tertiary/aromatic N) is 2. The molecule has 0 saturated heterocycles. The van der Waals surface area contributed by atoms with Gasteiger partial charge in [0, 0.05) is 5.56 Å². The average Bonchev–Trinajstić information content (AvgIpc) is 2.15. The molecule has 68 valence electrons. The summed E-state index contributed by atoms with van der Waals surface area (Å²) in [5.41, 5.74) is 8.96. The maximum atomic E-state index is 10.7. The van der Waals surface area contributed by atoms with Gasteiger partial charge < -0.3 is 5.73 Å². The molecule has 0 atom stereocenters. The lowest BCUT2D eigenvalue weighted by molar-refractivity contribution is 0.100. The molecular weight excluding hydrogens is 168 g/mol. The molecule has 1 amide bonds. The predicted molar refractivity (Wildman–Crippen MR) is 49.4 cm³/mol. The van der Waals surface area contributed by atoms with E-state index in [-0.39, 0.29) is 0 Å². The molecule has 0 fully saturated rings. The summed E-state index contributed by atoms with van der Waals surface area (Å²) in [4.78, 5) is 10.7. The summed E-state index contributed by atoms with van der Waals surface area (Å²) in [5, 5.41) is 7.09. The Bertz CT molecular complexity index is 317. The van der Waals surface area contributed by atoms with E-state index in [1.807, 2.05) is 0 Å². The third kappa shape index (κ3) is 2.55. The lowest BCUT2D eigenvalue weighted by Gasteiger charge is -1.98. The first-order valence-electron chi connectivity index (χ1n) is 3.68. The van der Waals surface area contributed by atoms with E-state index < -0.39 is 5.91 Å². The fourth-order valence-corrected chi connectivity index (χ4v) is 0.817. The molecule has 0 aliphatic carbocycles. The molecule has 0 radical (unpaired) electrons. The van der Waals surface area contributed by atoms with Crippen LogP contribution in [0.1, 0.15) is 10.4 Å². The molecule has 1 rings (SSSR count). The van der Waals surface area contributed by atoms with E-state index in [9.17, 15) is 4.79 Å². The van der Waals surface area contributed by atoms with Crippen molar-refractivity contribution in [2.75, 3.05) is 12.5 Å². The Morgan fingerprint density at radius 3 is 2.46 bits per heavy atom. The Hall–Kier alpha value is -1.91. The second-order valence-corrected chi connectivity index (χ2v) is 2.35.